The molecule has 0 aliphatic carbocycles. The molecule has 2 atom stereocenters. The van der Waals surface area contributed by atoms with Crippen LogP contribution in [0.3, 0.4) is 0 Å². The third kappa shape index (κ3) is 2.94. The van der Waals surface area contributed by atoms with E-state index in [4.69, 9.17) is 0 Å². The number of rotatable bonds is 3. The molecule has 0 bridgehead atoms. The van der Waals surface area contributed by atoms with Crippen LogP contribution in [0, 0.1) is 5.92 Å². The largest absolute Gasteiger partial charge is 0.352 e. The zero-order valence-corrected chi connectivity index (χ0v) is 9.91. The first-order valence-corrected chi connectivity index (χ1v) is 5.47. The fraction of sp³-hybridized carbons (Fsp3) is 0.818. The topological polar surface area (TPSA) is 49.4 Å². The minimum absolute atomic E-state index is 0.0258. The lowest BCUT2D eigenvalue weighted by Crippen LogP contribution is -2.42. The predicted octanol–water partition coefficient (Wildman–Crippen LogP) is 0.768. The van der Waals surface area contributed by atoms with Gasteiger partial charge < -0.3 is 10.2 Å². The van der Waals surface area contributed by atoms with Crippen molar-refractivity contribution in [1.29, 1.82) is 0 Å². The maximum Gasteiger partial charge on any atom is 0.243 e. The Labute approximate surface area is 91.0 Å². The number of nitrogens with one attached hydrogen (secondary N) is 1. The molecule has 1 N–H and O–H groups in total. The van der Waals surface area contributed by atoms with Gasteiger partial charge in [0.15, 0.2) is 0 Å². The Morgan fingerprint density at radius 1 is 1.60 bits per heavy atom. The lowest BCUT2D eigenvalue weighted by Gasteiger charge is -2.23. The fourth-order valence-corrected chi connectivity index (χ4v) is 1.84. The monoisotopic (exact) mass is 212 g/mol. The van der Waals surface area contributed by atoms with Crippen molar-refractivity contribution in [2.24, 2.45) is 5.92 Å². The van der Waals surface area contributed by atoms with Gasteiger partial charge in [0.25, 0.3) is 0 Å². The normalized spacial score (nSPS) is 25.5. The number of hydrogen-bond acceptors (Lipinski definition) is 2. The Balaban J connectivity index is 2.56. The molecule has 1 unspecified atom stereocenters. The second-order valence-electron chi connectivity index (χ2n) is 4.76. The minimum atomic E-state index is -0.272. The first-order chi connectivity index (χ1) is 6.91. The maximum atomic E-state index is 11.7. The summed E-state index contributed by atoms with van der Waals surface area (Å²) in [5.41, 5.74) is 0. The van der Waals surface area contributed by atoms with Gasteiger partial charge in [0.1, 0.15) is 6.04 Å². The van der Waals surface area contributed by atoms with Crippen molar-refractivity contribution in [3.05, 3.63) is 0 Å². The molecule has 86 valence electrons. The number of carbonyl (C=O) groups excluding carboxylic acids is 2. The van der Waals surface area contributed by atoms with Crippen LogP contribution in [-0.2, 0) is 9.59 Å². The van der Waals surface area contributed by atoms with Crippen LogP contribution in [-0.4, -0.2) is 35.8 Å². The van der Waals surface area contributed by atoms with Crippen molar-refractivity contribution in [3.63, 3.8) is 0 Å². The second kappa shape index (κ2) is 4.64. The van der Waals surface area contributed by atoms with E-state index in [-0.39, 0.29) is 23.9 Å². The summed E-state index contributed by atoms with van der Waals surface area (Å²) in [7, 11) is 1.72. The van der Waals surface area contributed by atoms with Crippen molar-refractivity contribution in [2.75, 3.05) is 7.05 Å². The number of hydrogen-bond donors (Lipinski definition) is 1. The highest BCUT2D eigenvalue weighted by Gasteiger charge is 2.34. The number of nitrogens with zero attached hydrogens (tertiary/aromatic N) is 1. The molecule has 0 aromatic carbocycles. The Bertz CT molecular complexity index is 263. The summed E-state index contributed by atoms with van der Waals surface area (Å²) in [4.78, 5) is 24.8. The van der Waals surface area contributed by atoms with Gasteiger partial charge in [-0.3, -0.25) is 9.59 Å². The molecule has 4 nitrogen and oxygen atoms in total. The van der Waals surface area contributed by atoms with Gasteiger partial charge in [-0.2, -0.15) is 0 Å². The van der Waals surface area contributed by atoms with E-state index in [1.165, 1.54) is 0 Å². The molecular weight excluding hydrogens is 192 g/mol. The lowest BCUT2D eigenvalue weighted by atomic mass is 10.1. The molecular formula is C11H20N2O2. The van der Waals surface area contributed by atoms with Crippen LogP contribution >= 0.6 is 0 Å². The highest BCUT2D eigenvalue weighted by atomic mass is 16.2. The third-order valence-electron chi connectivity index (χ3n) is 2.71. The Morgan fingerprint density at radius 2 is 2.20 bits per heavy atom. The Hall–Kier alpha value is -1.06. The summed E-state index contributed by atoms with van der Waals surface area (Å²) < 4.78 is 0. The summed E-state index contributed by atoms with van der Waals surface area (Å²) in [6.45, 7) is 5.96. The quantitative estimate of drug-likeness (QED) is 0.751. The SMILES string of the molecule is CC(C)CC(=O)N(C)[C@H]1CC(C)NC1=O. The van der Waals surface area contributed by atoms with Gasteiger partial charge in [-0.15, -0.1) is 0 Å². The molecule has 4 heteroatoms. The predicted molar refractivity (Wildman–Crippen MR) is 58.2 cm³/mol. The summed E-state index contributed by atoms with van der Waals surface area (Å²) >= 11 is 0. The molecule has 1 aliphatic heterocycles. The highest BCUT2D eigenvalue weighted by molar-refractivity contribution is 5.89. The van der Waals surface area contributed by atoms with Crippen LogP contribution < -0.4 is 5.32 Å². The first kappa shape index (κ1) is 12.0. The summed E-state index contributed by atoms with van der Waals surface area (Å²) in [6, 6.07) is -0.0944. The Kier molecular flexibility index (Phi) is 3.72. The zero-order valence-electron chi connectivity index (χ0n) is 9.91. The van der Waals surface area contributed by atoms with Crippen molar-refractivity contribution >= 4 is 11.8 Å². The fourth-order valence-electron chi connectivity index (χ4n) is 1.84. The van der Waals surface area contributed by atoms with E-state index >= 15 is 0 Å². The summed E-state index contributed by atoms with van der Waals surface area (Å²) in [5, 5.41) is 2.82. The van der Waals surface area contributed by atoms with Gasteiger partial charge in [0.2, 0.25) is 11.8 Å². The van der Waals surface area contributed by atoms with E-state index in [1.54, 1.807) is 11.9 Å². The van der Waals surface area contributed by atoms with Gasteiger partial charge in [-0.25, -0.2) is 0 Å². The molecule has 1 saturated heterocycles. The molecule has 2 amide bonds. The van der Waals surface area contributed by atoms with E-state index in [1.807, 2.05) is 20.8 Å². The molecule has 0 saturated carbocycles. The van der Waals surface area contributed by atoms with Gasteiger partial charge in [0, 0.05) is 19.5 Å². The molecule has 0 aromatic heterocycles. The van der Waals surface area contributed by atoms with E-state index in [2.05, 4.69) is 5.32 Å². The molecule has 1 fully saturated rings. The van der Waals surface area contributed by atoms with Crippen LogP contribution in [0.2, 0.25) is 0 Å². The van der Waals surface area contributed by atoms with E-state index < -0.39 is 0 Å². The molecule has 0 spiro atoms. The number of carbonyl (C=O) groups is 2. The van der Waals surface area contributed by atoms with E-state index in [0.29, 0.717) is 12.3 Å². The molecule has 1 heterocycles. The molecule has 15 heavy (non-hydrogen) atoms. The first-order valence-electron chi connectivity index (χ1n) is 5.47. The standard InChI is InChI=1S/C11H20N2O2/c1-7(2)5-10(14)13(4)9-6-8(3)12-11(9)15/h7-9H,5-6H2,1-4H3,(H,12,15)/t8?,9-/m0/s1. The molecule has 0 aromatic rings. The summed E-state index contributed by atoms with van der Waals surface area (Å²) in [6.07, 6.45) is 1.23. The van der Waals surface area contributed by atoms with Gasteiger partial charge in [-0.1, -0.05) is 13.8 Å². The van der Waals surface area contributed by atoms with Crippen LogP contribution in [0.1, 0.15) is 33.6 Å². The lowest BCUT2D eigenvalue weighted by molar-refractivity contribution is -0.137. The van der Waals surface area contributed by atoms with Crippen molar-refractivity contribution in [1.82, 2.24) is 10.2 Å². The van der Waals surface area contributed by atoms with Crippen LogP contribution in [0.15, 0.2) is 0 Å². The number of likely N-dealkylation sites (N-methyl/N-ethyl adjacent to an activating group) is 1. The average Bonchev–Trinajstić information content (AvgIpc) is 2.42. The van der Waals surface area contributed by atoms with Crippen LogP contribution in [0.4, 0.5) is 0 Å². The van der Waals surface area contributed by atoms with E-state index in [0.717, 1.165) is 6.42 Å². The third-order valence-corrected chi connectivity index (χ3v) is 2.71. The average molecular weight is 212 g/mol. The molecule has 1 rings (SSSR count). The van der Waals surface area contributed by atoms with Gasteiger partial charge in [0.05, 0.1) is 0 Å². The van der Waals surface area contributed by atoms with Crippen molar-refractivity contribution < 1.29 is 9.59 Å². The van der Waals surface area contributed by atoms with Crippen molar-refractivity contribution in [2.45, 2.75) is 45.7 Å². The van der Waals surface area contributed by atoms with Crippen molar-refractivity contribution in [3.8, 4) is 0 Å². The van der Waals surface area contributed by atoms with Crippen LogP contribution in [0.5, 0.6) is 0 Å². The summed E-state index contributed by atoms with van der Waals surface area (Å²) in [5.74, 6) is 0.364. The highest BCUT2D eigenvalue weighted by Crippen LogP contribution is 2.15. The second-order valence-corrected chi connectivity index (χ2v) is 4.76. The van der Waals surface area contributed by atoms with Gasteiger partial charge >= 0.3 is 0 Å². The van der Waals surface area contributed by atoms with E-state index in [9.17, 15) is 9.59 Å². The minimum Gasteiger partial charge on any atom is -0.352 e. The zero-order chi connectivity index (χ0) is 11.6. The molecule has 1 aliphatic rings. The smallest absolute Gasteiger partial charge is 0.243 e. The Morgan fingerprint density at radius 3 is 2.60 bits per heavy atom. The number of amides is 2. The molecule has 0 radical (unpaired) electrons. The van der Waals surface area contributed by atoms with Gasteiger partial charge in [-0.05, 0) is 19.3 Å². The maximum absolute atomic E-state index is 11.7. The van der Waals surface area contributed by atoms with Crippen LogP contribution in [0.25, 0.3) is 0 Å².